The van der Waals surface area contributed by atoms with Crippen molar-refractivity contribution in [2.75, 3.05) is 11.9 Å². The van der Waals surface area contributed by atoms with E-state index in [1.54, 1.807) is 0 Å². The fourth-order valence-electron chi connectivity index (χ4n) is 2.52. The normalized spacial score (nSPS) is 22.2. The number of ether oxygens (including phenoxy) is 1. The van der Waals surface area contributed by atoms with Crippen LogP contribution in [-0.4, -0.2) is 28.0 Å². The van der Waals surface area contributed by atoms with Crippen molar-refractivity contribution in [1.29, 1.82) is 0 Å². The molecule has 1 fully saturated rings. The quantitative estimate of drug-likeness (QED) is 0.818. The first kappa shape index (κ1) is 15.2. The van der Waals surface area contributed by atoms with Crippen molar-refractivity contribution in [2.24, 2.45) is 11.8 Å². The highest BCUT2D eigenvalue weighted by atomic mass is 32.1. The van der Waals surface area contributed by atoms with Crippen molar-refractivity contribution in [3.8, 4) is 0 Å². The molecule has 1 aromatic heterocycles. The second-order valence-corrected chi connectivity index (χ2v) is 6.47. The van der Waals surface area contributed by atoms with E-state index in [2.05, 4.69) is 28.5 Å². The van der Waals surface area contributed by atoms with E-state index >= 15 is 0 Å². The molecule has 6 heteroatoms. The van der Waals surface area contributed by atoms with Crippen molar-refractivity contribution >= 4 is 22.6 Å². The monoisotopic (exact) mass is 297 g/mol. The largest absolute Gasteiger partial charge is 0.466 e. The summed E-state index contributed by atoms with van der Waals surface area (Å²) in [6, 6.07) is 0.309. The van der Waals surface area contributed by atoms with Gasteiger partial charge in [-0.05, 0) is 32.1 Å². The topological polar surface area (TPSA) is 64.1 Å². The summed E-state index contributed by atoms with van der Waals surface area (Å²) < 4.78 is 9.44. The van der Waals surface area contributed by atoms with Crippen molar-refractivity contribution in [3.05, 3.63) is 5.82 Å². The Morgan fingerprint density at radius 2 is 2.30 bits per heavy atom. The molecule has 1 aromatic rings. The number of carbonyl (C=O) groups excluding carboxylic acids is 1. The maximum atomic E-state index is 11.7. The summed E-state index contributed by atoms with van der Waals surface area (Å²) in [5, 5.41) is 4.27. The zero-order chi connectivity index (χ0) is 14.5. The van der Waals surface area contributed by atoms with Crippen LogP contribution in [0.25, 0.3) is 0 Å². The van der Waals surface area contributed by atoms with Gasteiger partial charge in [-0.1, -0.05) is 13.8 Å². The molecule has 2 rings (SSSR count). The molecule has 0 aromatic carbocycles. The fraction of sp³-hybridized carbons (Fsp3) is 0.786. The maximum absolute atomic E-state index is 11.7. The first-order valence-electron chi connectivity index (χ1n) is 7.34. The number of aromatic nitrogens is 2. The van der Waals surface area contributed by atoms with Gasteiger partial charge in [-0.25, -0.2) is 4.98 Å². The first-order valence-corrected chi connectivity index (χ1v) is 8.11. The lowest BCUT2D eigenvalue weighted by atomic mass is 10.1. The molecule has 112 valence electrons. The lowest BCUT2D eigenvalue weighted by Crippen LogP contribution is -2.19. The van der Waals surface area contributed by atoms with Gasteiger partial charge in [0.05, 0.1) is 12.5 Å². The lowest BCUT2D eigenvalue weighted by Gasteiger charge is -2.11. The Morgan fingerprint density at radius 1 is 1.50 bits per heavy atom. The van der Waals surface area contributed by atoms with E-state index in [0.29, 0.717) is 18.6 Å². The summed E-state index contributed by atoms with van der Waals surface area (Å²) in [6.45, 7) is 6.63. The van der Waals surface area contributed by atoms with Crippen LogP contribution >= 0.6 is 11.5 Å². The molecule has 0 aliphatic heterocycles. The van der Waals surface area contributed by atoms with Crippen LogP contribution in [0.3, 0.4) is 0 Å². The number of carbonyl (C=O) groups is 1. The van der Waals surface area contributed by atoms with E-state index in [1.807, 2.05) is 6.92 Å². The van der Waals surface area contributed by atoms with E-state index in [0.717, 1.165) is 36.6 Å². The highest BCUT2D eigenvalue weighted by Gasteiger charge is 2.31. The number of hydrogen-bond donors (Lipinski definition) is 1. The molecule has 20 heavy (non-hydrogen) atoms. The minimum absolute atomic E-state index is 0.0375. The molecule has 0 spiro atoms. The van der Waals surface area contributed by atoms with Gasteiger partial charge < -0.3 is 10.1 Å². The lowest BCUT2D eigenvalue weighted by molar-refractivity contribution is -0.147. The van der Waals surface area contributed by atoms with Gasteiger partial charge in [0.2, 0.25) is 5.13 Å². The highest BCUT2D eigenvalue weighted by molar-refractivity contribution is 7.09. The van der Waals surface area contributed by atoms with Crippen molar-refractivity contribution in [2.45, 2.75) is 52.5 Å². The molecule has 2 unspecified atom stereocenters. The number of anilines is 1. The smallest absolute Gasteiger partial charge is 0.308 e. The first-order chi connectivity index (χ1) is 9.58. The van der Waals surface area contributed by atoms with E-state index in [-0.39, 0.29) is 11.9 Å². The number of nitrogens with zero attached hydrogens (tertiary/aromatic N) is 2. The minimum Gasteiger partial charge on any atom is -0.466 e. The van der Waals surface area contributed by atoms with E-state index in [4.69, 9.17) is 4.74 Å². The maximum Gasteiger partial charge on any atom is 0.308 e. The molecule has 5 nitrogen and oxygen atoms in total. The summed E-state index contributed by atoms with van der Waals surface area (Å²) in [7, 11) is 0. The average Bonchev–Trinajstić information content (AvgIpc) is 2.99. The zero-order valence-electron chi connectivity index (χ0n) is 12.4. The van der Waals surface area contributed by atoms with Gasteiger partial charge in [-0.15, -0.1) is 0 Å². The Labute approximate surface area is 124 Å². The summed E-state index contributed by atoms with van der Waals surface area (Å²) in [4.78, 5) is 16.2. The summed E-state index contributed by atoms with van der Waals surface area (Å²) in [5.74, 6) is 1.45. The molecule has 1 saturated carbocycles. The van der Waals surface area contributed by atoms with Crippen molar-refractivity contribution < 1.29 is 9.53 Å². The van der Waals surface area contributed by atoms with Crippen LogP contribution in [0.1, 0.15) is 45.9 Å². The van der Waals surface area contributed by atoms with Crippen LogP contribution in [0.2, 0.25) is 0 Å². The van der Waals surface area contributed by atoms with Crippen LogP contribution in [0, 0.1) is 11.8 Å². The Morgan fingerprint density at radius 3 is 3.00 bits per heavy atom. The van der Waals surface area contributed by atoms with Crippen LogP contribution in [0.15, 0.2) is 0 Å². The van der Waals surface area contributed by atoms with Crippen LogP contribution in [0.4, 0.5) is 5.13 Å². The predicted octanol–water partition coefficient (Wildman–Crippen LogP) is 2.88. The van der Waals surface area contributed by atoms with E-state index in [1.165, 1.54) is 11.5 Å². The standard InChI is InChI=1S/C14H23N3O2S/c1-4-19-13(18)10-5-6-11(8-10)15-14-16-12(17-20-14)7-9(2)3/h9-11H,4-8H2,1-3H3,(H,15,16,17). The number of hydrogen-bond acceptors (Lipinski definition) is 6. The van der Waals surface area contributed by atoms with Crippen molar-refractivity contribution in [3.63, 3.8) is 0 Å². The van der Waals surface area contributed by atoms with Crippen molar-refractivity contribution in [1.82, 2.24) is 9.36 Å². The van der Waals surface area contributed by atoms with Crippen LogP contribution < -0.4 is 5.32 Å². The zero-order valence-corrected chi connectivity index (χ0v) is 13.2. The third-order valence-corrected chi connectivity index (χ3v) is 4.12. The van der Waals surface area contributed by atoms with Gasteiger partial charge in [0.15, 0.2) is 0 Å². The molecule has 0 saturated heterocycles. The third-order valence-electron chi connectivity index (χ3n) is 3.44. The number of nitrogens with one attached hydrogen (secondary N) is 1. The molecular weight excluding hydrogens is 274 g/mol. The number of rotatable bonds is 6. The average molecular weight is 297 g/mol. The van der Waals surface area contributed by atoms with Gasteiger partial charge in [-0.3, -0.25) is 4.79 Å². The van der Waals surface area contributed by atoms with Crippen LogP contribution in [-0.2, 0) is 16.0 Å². The number of esters is 1. The van der Waals surface area contributed by atoms with E-state index in [9.17, 15) is 4.79 Å². The second-order valence-electron chi connectivity index (χ2n) is 5.72. The second kappa shape index (κ2) is 7.02. The van der Waals surface area contributed by atoms with Crippen LogP contribution in [0.5, 0.6) is 0 Å². The Bertz CT molecular complexity index is 447. The van der Waals surface area contributed by atoms with Gasteiger partial charge in [0.1, 0.15) is 5.82 Å². The highest BCUT2D eigenvalue weighted by Crippen LogP contribution is 2.29. The van der Waals surface area contributed by atoms with E-state index < -0.39 is 0 Å². The molecular formula is C14H23N3O2S. The summed E-state index contributed by atoms with van der Waals surface area (Å²) in [5.41, 5.74) is 0. The molecule has 2 atom stereocenters. The molecule has 0 radical (unpaired) electrons. The molecule has 1 heterocycles. The SMILES string of the molecule is CCOC(=O)C1CCC(Nc2nc(CC(C)C)ns2)C1. The Balaban J connectivity index is 1.82. The molecule has 0 bridgehead atoms. The predicted molar refractivity (Wildman–Crippen MR) is 79.8 cm³/mol. The minimum atomic E-state index is -0.0606. The van der Waals surface area contributed by atoms with Gasteiger partial charge in [0, 0.05) is 24.0 Å². The molecule has 1 N–H and O–H groups in total. The summed E-state index contributed by atoms with van der Waals surface area (Å²) >= 11 is 1.41. The Hall–Kier alpha value is -1.17. The Kier molecular flexibility index (Phi) is 5.34. The van der Waals surface area contributed by atoms with Gasteiger partial charge >= 0.3 is 5.97 Å². The molecule has 1 aliphatic carbocycles. The third kappa shape index (κ3) is 4.16. The molecule has 0 amide bonds. The molecule has 1 aliphatic rings. The fourth-order valence-corrected chi connectivity index (χ4v) is 3.19. The summed E-state index contributed by atoms with van der Waals surface area (Å²) in [6.07, 6.45) is 3.63. The van der Waals surface area contributed by atoms with Gasteiger partial charge in [0.25, 0.3) is 0 Å². The van der Waals surface area contributed by atoms with Gasteiger partial charge in [-0.2, -0.15) is 4.37 Å².